The zero-order valence-corrected chi connectivity index (χ0v) is 7.94. The van der Waals surface area contributed by atoms with Gasteiger partial charge in [-0.1, -0.05) is 12.1 Å². The van der Waals surface area contributed by atoms with Crippen LogP contribution in [0.5, 0.6) is 0 Å². The van der Waals surface area contributed by atoms with Crippen LogP contribution in [0.1, 0.15) is 12.0 Å². The normalized spacial score (nSPS) is 11.4. The number of nitrogens with two attached hydrogens (primary N) is 2. The molecule has 4 N–H and O–H groups in total. The third-order valence-corrected chi connectivity index (χ3v) is 3.03. The summed E-state index contributed by atoms with van der Waals surface area (Å²) in [5.41, 5.74) is 11.2. The van der Waals surface area contributed by atoms with E-state index in [2.05, 4.69) is 0 Å². The summed E-state index contributed by atoms with van der Waals surface area (Å²) in [6.07, 6.45) is -2.54. The van der Waals surface area contributed by atoms with Crippen LogP contribution >= 0.6 is 11.3 Å². The average molecular weight is 214 g/mol. The fraction of sp³-hybridized carbons (Fsp3) is 0.111. The van der Waals surface area contributed by atoms with E-state index in [9.17, 15) is 8.78 Å². The first-order valence-electron chi connectivity index (χ1n) is 3.95. The van der Waals surface area contributed by atoms with Crippen LogP contribution in [0, 0.1) is 0 Å². The molecule has 0 aliphatic carbocycles. The fourth-order valence-electron chi connectivity index (χ4n) is 1.35. The molecule has 0 spiro atoms. The van der Waals surface area contributed by atoms with Gasteiger partial charge in [-0.15, -0.1) is 11.3 Å². The van der Waals surface area contributed by atoms with Crippen LogP contribution < -0.4 is 11.5 Å². The number of benzene rings is 1. The molecular weight excluding hydrogens is 206 g/mol. The molecule has 2 rings (SSSR count). The highest BCUT2D eigenvalue weighted by atomic mass is 32.1. The zero-order chi connectivity index (χ0) is 10.3. The first kappa shape index (κ1) is 9.21. The second kappa shape index (κ2) is 3.09. The van der Waals surface area contributed by atoms with Crippen molar-refractivity contribution in [2.75, 3.05) is 11.5 Å². The first-order valence-corrected chi connectivity index (χ1v) is 4.77. The minimum absolute atomic E-state index is 0.126. The number of hydrogen-bond acceptors (Lipinski definition) is 3. The summed E-state index contributed by atoms with van der Waals surface area (Å²) >= 11 is 1.23. The highest BCUT2D eigenvalue weighted by molar-refractivity contribution is 7.23. The zero-order valence-electron chi connectivity index (χ0n) is 7.13. The molecule has 0 unspecified atom stereocenters. The monoisotopic (exact) mass is 214 g/mol. The minimum atomic E-state index is -2.54. The lowest BCUT2D eigenvalue weighted by Gasteiger charge is -2.04. The van der Waals surface area contributed by atoms with Crippen LogP contribution in [0.4, 0.5) is 19.5 Å². The van der Waals surface area contributed by atoms with Crippen molar-refractivity contribution >= 4 is 32.1 Å². The van der Waals surface area contributed by atoms with Crippen molar-refractivity contribution in [3.05, 3.63) is 23.8 Å². The van der Waals surface area contributed by atoms with Crippen molar-refractivity contribution in [3.8, 4) is 0 Å². The van der Waals surface area contributed by atoms with E-state index in [1.165, 1.54) is 17.4 Å². The molecule has 5 heteroatoms. The molecule has 0 bridgehead atoms. The third kappa shape index (κ3) is 1.29. The second-order valence-electron chi connectivity index (χ2n) is 2.94. The highest BCUT2D eigenvalue weighted by Crippen LogP contribution is 2.37. The van der Waals surface area contributed by atoms with Gasteiger partial charge in [-0.3, -0.25) is 0 Å². The molecule has 14 heavy (non-hydrogen) atoms. The van der Waals surface area contributed by atoms with Gasteiger partial charge >= 0.3 is 0 Å². The van der Waals surface area contributed by atoms with Gasteiger partial charge < -0.3 is 11.5 Å². The number of hydrogen-bond donors (Lipinski definition) is 2. The smallest absolute Gasteiger partial charge is 0.265 e. The lowest BCUT2D eigenvalue weighted by molar-refractivity contribution is 0.152. The Morgan fingerprint density at radius 2 is 1.93 bits per heavy atom. The number of fused-ring (bicyclic) bond motifs is 1. The van der Waals surface area contributed by atoms with Crippen molar-refractivity contribution in [2.45, 2.75) is 6.43 Å². The molecule has 0 amide bonds. The topological polar surface area (TPSA) is 52.0 Å². The van der Waals surface area contributed by atoms with Crippen molar-refractivity contribution in [1.82, 2.24) is 0 Å². The number of anilines is 2. The Hall–Kier alpha value is -1.36. The molecule has 0 saturated carbocycles. The van der Waals surface area contributed by atoms with Gasteiger partial charge in [0.15, 0.2) is 0 Å². The van der Waals surface area contributed by atoms with E-state index < -0.39 is 6.43 Å². The summed E-state index contributed by atoms with van der Waals surface area (Å²) in [6.45, 7) is 0. The maximum Gasteiger partial charge on any atom is 0.265 e. The molecule has 1 aromatic carbocycles. The van der Waals surface area contributed by atoms with Crippen LogP contribution in [-0.2, 0) is 0 Å². The van der Waals surface area contributed by atoms with E-state index in [-0.39, 0.29) is 11.3 Å². The van der Waals surface area contributed by atoms with E-state index in [1.807, 2.05) is 0 Å². The Kier molecular flexibility index (Phi) is 2.03. The van der Waals surface area contributed by atoms with Gasteiger partial charge in [0.25, 0.3) is 6.43 Å². The van der Waals surface area contributed by atoms with Gasteiger partial charge in [0.05, 0.1) is 15.4 Å². The summed E-state index contributed by atoms with van der Waals surface area (Å²) < 4.78 is 25.6. The summed E-state index contributed by atoms with van der Waals surface area (Å²) in [4.78, 5) is 0. The number of alkyl halides is 2. The lowest BCUT2D eigenvalue weighted by Crippen LogP contribution is -1.94. The van der Waals surface area contributed by atoms with Gasteiger partial charge in [-0.05, 0) is 11.5 Å². The summed E-state index contributed by atoms with van der Waals surface area (Å²) in [5, 5.41) is 1.40. The van der Waals surface area contributed by atoms with E-state index in [4.69, 9.17) is 11.5 Å². The van der Waals surface area contributed by atoms with Gasteiger partial charge in [0, 0.05) is 5.56 Å². The van der Waals surface area contributed by atoms with Gasteiger partial charge in [-0.25, -0.2) is 8.78 Å². The SMILES string of the molecule is Nc1cc2ccc(C(F)F)c(N)c2s1. The highest BCUT2D eigenvalue weighted by Gasteiger charge is 2.14. The molecule has 2 nitrogen and oxygen atoms in total. The maximum atomic E-state index is 12.5. The molecule has 74 valence electrons. The predicted molar refractivity (Wildman–Crippen MR) is 55.6 cm³/mol. The maximum absolute atomic E-state index is 12.5. The van der Waals surface area contributed by atoms with Crippen molar-refractivity contribution in [1.29, 1.82) is 0 Å². The summed E-state index contributed by atoms with van der Waals surface area (Å²) in [5.74, 6) is 0. The van der Waals surface area contributed by atoms with Crippen molar-refractivity contribution < 1.29 is 8.78 Å². The molecule has 2 aromatic rings. The first-order chi connectivity index (χ1) is 6.59. The summed E-state index contributed by atoms with van der Waals surface area (Å²) in [7, 11) is 0. The molecule has 1 heterocycles. The fourth-order valence-corrected chi connectivity index (χ4v) is 2.24. The van der Waals surface area contributed by atoms with Crippen LogP contribution in [0.15, 0.2) is 18.2 Å². The largest absolute Gasteiger partial charge is 0.397 e. The number of thiophene rings is 1. The second-order valence-corrected chi connectivity index (χ2v) is 4.02. The molecule has 0 radical (unpaired) electrons. The molecule has 0 atom stereocenters. The molecule has 0 aliphatic heterocycles. The number of halogens is 2. The van der Waals surface area contributed by atoms with Crippen LogP contribution in [0.3, 0.4) is 0 Å². The Balaban J connectivity index is 2.74. The lowest BCUT2D eigenvalue weighted by atomic mass is 10.1. The van der Waals surface area contributed by atoms with E-state index in [0.717, 1.165) is 5.39 Å². The van der Waals surface area contributed by atoms with Gasteiger partial charge in [-0.2, -0.15) is 0 Å². The van der Waals surface area contributed by atoms with Crippen LogP contribution in [-0.4, -0.2) is 0 Å². The minimum Gasteiger partial charge on any atom is -0.397 e. The Morgan fingerprint density at radius 3 is 2.57 bits per heavy atom. The van der Waals surface area contributed by atoms with E-state index in [0.29, 0.717) is 9.70 Å². The van der Waals surface area contributed by atoms with E-state index in [1.54, 1.807) is 12.1 Å². The van der Waals surface area contributed by atoms with Crippen LogP contribution in [0.2, 0.25) is 0 Å². The quantitative estimate of drug-likeness (QED) is 0.717. The van der Waals surface area contributed by atoms with Gasteiger partial charge in [0.2, 0.25) is 0 Å². The Bertz CT molecular complexity index is 479. The molecule has 0 saturated heterocycles. The number of rotatable bonds is 1. The molecule has 0 aliphatic rings. The predicted octanol–water partition coefficient (Wildman–Crippen LogP) is 3.00. The number of nitrogen functional groups attached to an aromatic ring is 2. The van der Waals surface area contributed by atoms with Gasteiger partial charge in [0.1, 0.15) is 0 Å². The van der Waals surface area contributed by atoms with Crippen molar-refractivity contribution in [2.24, 2.45) is 0 Å². The molecule has 1 aromatic heterocycles. The molecular formula is C9H8F2N2S. The van der Waals surface area contributed by atoms with E-state index >= 15 is 0 Å². The Morgan fingerprint density at radius 1 is 1.21 bits per heavy atom. The average Bonchev–Trinajstić information content (AvgIpc) is 2.46. The summed E-state index contributed by atoms with van der Waals surface area (Å²) in [6, 6.07) is 4.68. The van der Waals surface area contributed by atoms with Crippen LogP contribution in [0.25, 0.3) is 10.1 Å². The molecule has 0 fully saturated rings. The Labute approximate surface area is 83.1 Å². The third-order valence-electron chi connectivity index (χ3n) is 2.01. The van der Waals surface area contributed by atoms with Crippen molar-refractivity contribution in [3.63, 3.8) is 0 Å². The standard InChI is InChI=1S/C9H8F2N2S/c10-9(11)5-2-1-4-3-6(12)14-8(4)7(5)13/h1-3,9H,12-13H2.